The summed E-state index contributed by atoms with van der Waals surface area (Å²) < 4.78 is 0. The molecular weight excluding hydrogens is 354 g/mol. The van der Waals surface area contributed by atoms with Gasteiger partial charge in [-0.05, 0) is 42.0 Å². The van der Waals surface area contributed by atoms with Crippen LogP contribution in [0.1, 0.15) is 11.6 Å². The van der Waals surface area contributed by atoms with Crippen LogP contribution >= 0.6 is 0 Å². The van der Waals surface area contributed by atoms with E-state index in [1.807, 2.05) is 60.7 Å². The van der Waals surface area contributed by atoms with Gasteiger partial charge in [0.15, 0.2) is 6.10 Å². The zero-order chi connectivity index (χ0) is 19.1. The Bertz CT molecular complexity index is 1010. The van der Waals surface area contributed by atoms with Crippen molar-refractivity contribution >= 4 is 23.2 Å². The van der Waals surface area contributed by atoms with E-state index in [0.29, 0.717) is 5.69 Å². The first-order chi connectivity index (χ1) is 13.8. The predicted octanol–water partition coefficient (Wildman–Crippen LogP) is 3.13. The van der Waals surface area contributed by atoms with Crippen LogP contribution in [0.4, 0.5) is 11.4 Å². The summed E-state index contributed by atoms with van der Waals surface area (Å²) >= 11 is 0. The molecule has 2 aromatic carbocycles. The molecule has 28 heavy (non-hydrogen) atoms. The monoisotopic (exact) mass is 371 g/mol. The quantitative estimate of drug-likeness (QED) is 0.662. The number of fused-ring (bicyclic) bond motifs is 1. The minimum atomic E-state index is -0.855. The van der Waals surface area contributed by atoms with Gasteiger partial charge in [-0.15, -0.1) is 0 Å². The fraction of sp³-hybridized carbons (Fsp3) is 0.136. The Labute approximate surface area is 161 Å². The van der Waals surface area contributed by atoms with Gasteiger partial charge in [0, 0.05) is 12.4 Å². The lowest BCUT2D eigenvalue weighted by Crippen LogP contribution is -2.37. The maximum atomic E-state index is 13.3. The van der Waals surface area contributed by atoms with Crippen molar-refractivity contribution in [1.82, 2.24) is 4.98 Å². The van der Waals surface area contributed by atoms with Gasteiger partial charge < -0.3 is 0 Å². The number of carbonyl (C=O) groups is 2. The number of imide groups is 1. The molecule has 138 valence electrons. The molecule has 0 spiro atoms. The Morgan fingerprint density at radius 1 is 0.750 bits per heavy atom. The Morgan fingerprint density at radius 2 is 1.36 bits per heavy atom. The van der Waals surface area contributed by atoms with E-state index in [9.17, 15) is 9.59 Å². The first-order valence-electron chi connectivity index (χ1n) is 9.09. The molecule has 6 nitrogen and oxygen atoms in total. The summed E-state index contributed by atoms with van der Waals surface area (Å²) in [4.78, 5) is 37.8. The number of nitrogens with zero attached hydrogens (tertiary/aromatic N) is 3. The van der Waals surface area contributed by atoms with E-state index in [1.54, 1.807) is 29.6 Å². The SMILES string of the molecule is O=C1[C@H]2[C@H](ON(c3ccccc3)[C@@H]2c2ccncc2)C(=O)N1c1ccccc1. The van der Waals surface area contributed by atoms with Gasteiger partial charge in [-0.2, -0.15) is 0 Å². The van der Waals surface area contributed by atoms with E-state index in [4.69, 9.17) is 4.84 Å². The summed E-state index contributed by atoms with van der Waals surface area (Å²) in [5.41, 5.74) is 2.24. The molecule has 0 saturated carbocycles. The number of para-hydroxylation sites is 2. The summed E-state index contributed by atoms with van der Waals surface area (Å²) in [7, 11) is 0. The summed E-state index contributed by atoms with van der Waals surface area (Å²) in [5, 5.41) is 1.68. The smallest absolute Gasteiger partial charge is 0.266 e. The van der Waals surface area contributed by atoms with Crippen LogP contribution in [-0.2, 0) is 14.4 Å². The highest BCUT2D eigenvalue weighted by Crippen LogP contribution is 2.47. The second-order valence-electron chi connectivity index (χ2n) is 6.79. The van der Waals surface area contributed by atoms with Crippen LogP contribution in [0.2, 0.25) is 0 Å². The lowest BCUT2D eigenvalue weighted by molar-refractivity contribution is -0.126. The average Bonchev–Trinajstić information content (AvgIpc) is 3.26. The highest BCUT2D eigenvalue weighted by molar-refractivity contribution is 6.23. The molecule has 3 heterocycles. The topological polar surface area (TPSA) is 62.7 Å². The van der Waals surface area contributed by atoms with Crippen molar-refractivity contribution < 1.29 is 14.4 Å². The van der Waals surface area contributed by atoms with Crippen LogP contribution in [0.15, 0.2) is 85.2 Å². The number of hydroxylamine groups is 1. The van der Waals surface area contributed by atoms with E-state index < -0.39 is 18.1 Å². The molecule has 6 heteroatoms. The van der Waals surface area contributed by atoms with Gasteiger partial charge in [-0.1, -0.05) is 36.4 Å². The van der Waals surface area contributed by atoms with E-state index in [1.165, 1.54) is 4.90 Å². The normalized spacial score (nSPS) is 23.9. The summed E-state index contributed by atoms with van der Waals surface area (Å²) in [6.45, 7) is 0. The fourth-order valence-corrected chi connectivity index (χ4v) is 3.94. The van der Waals surface area contributed by atoms with E-state index in [2.05, 4.69) is 4.98 Å². The maximum absolute atomic E-state index is 13.3. The number of aromatic nitrogens is 1. The third-order valence-electron chi connectivity index (χ3n) is 5.19. The van der Waals surface area contributed by atoms with Gasteiger partial charge in [0.1, 0.15) is 5.92 Å². The molecule has 0 bridgehead atoms. The van der Waals surface area contributed by atoms with Crippen molar-refractivity contribution in [3.63, 3.8) is 0 Å². The highest BCUT2D eigenvalue weighted by Gasteiger charge is 2.60. The minimum Gasteiger partial charge on any atom is -0.273 e. The zero-order valence-corrected chi connectivity index (χ0v) is 14.9. The molecule has 0 radical (unpaired) electrons. The van der Waals surface area contributed by atoms with Gasteiger partial charge >= 0.3 is 0 Å². The molecule has 5 rings (SSSR count). The Kier molecular flexibility index (Phi) is 3.91. The number of rotatable bonds is 3. The van der Waals surface area contributed by atoms with Crippen LogP contribution in [0.25, 0.3) is 0 Å². The number of hydrogen-bond acceptors (Lipinski definition) is 5. The number of hydrogen-bond donors (Lipinski definition) is 0. The van der Waals surface area contributed by atoms with Gasteiger partial charge in [0.05, 0.1) is 17.4 Å². The third kappa shape index (κ3) is 2.50. The van der Waals surface area contributed by atoms with Gasteiger partial charge in [-0.3, -0.25) is 19.4 Å². The fourth-order valence-electron chi connectivity index (χ4n) is 3.94. The number of anilines is 2. The van der Waals surface area contributed by atoms with Crippen molar-refractivity contribution in [2.45, 2.75) is 12.1 Å². The van der Waals surface area contributed by atoms with Crippen LogP contribution < -0.4 is 9.96 Å². The molecule has 1 aromatic heterocycles. The van der Waals surface area contributed by atoms with Crippen molar-refractivity contribution in [2.75, 3.05) is 9.96 Å². The van der Waals surface area contributed by atoms with Crippen LogP contribution in [0, 0.1) is 5.92 Å². The first kappa shape index (κ1) is 16.6. The molecule has 2 aliphatic heterocycles. The summed E-state index contributed by atoms with van der Waals surface area (Å²) in [6, 6.07) is 21.8. The van der Waals surface area contributed by atoms with E-state index in [-0.39, 0.29) is 11.8 Å². The molecular formula is C22H17N3O3. The van der Waals surface area contributed by atoms with Crippen molar-refractivity contribution in [2.24, 2.45) is 5.92 Å². The highest BCUT2D eigenvalue weighted by atomic mass is 16.7. The molecule has 2 aliphatic rings. The first-order valence-corrected chi connectivity index (χ1v) is 9.09. The van der Waals surface area contributed by atoms with Gasteiger partial charge in [-0.25, -0.2) is 9.96 Å². The maximum Gasteiger partial charge on any atom is 0.266 e. The predicted molar refractivity (Wildman–Crippen MR) is 103 cm³/mol. The molecule has 2 fully saturated rings. The average molecular weight is 371 g/mol. The van der Waals surface area contributed by atoms with Crippen molar-refractivity contribution in [3.05, 3.63) is 90.8 Å². The lowest BCUT2D eigenvalue weighted by atomic mass is 9.91. The second-order valence-corrected chi connectivity index (χ2v) is 6.79. The number of pyridine rings is 1. The molecule has 0 aliphatic carbocycles. The minimum absolute atomic E-state index is 0.249. The lowest BCUT2D eigenvalue weighted by Gasteiger charge is -2.28. The Balaban J connectivity index is 1.59. The largest absolute Gasteiger partial charge is 0.273 e. The molecule has 3 aromatic rings. The standard InChI is InChI=1S/C22H17N3O3/c26-21-18-19(15-11-13-23-14-12-15)25(17-9-5-2-6-10-17)28-20(18)22(27)24(21)16-7-3-1-4-8-16/h1-14,18-20H/t18-,19-,20+/m1/s1. The molecule has 3 atom stereocenters. The van der Waals surface area contributed by atoms with Crippen molar-refractivity contribution in [3.8, 4) is 0 Å². The molecule has 2 saturated heterocycles. The Morgan fingerprint density at radius 3 is 2.00 bits per heavy atom. The number of carbonyl (C=O) groups excluding carboxylic acids is 2. The van der Waals surface area contributed by atoms with E-state index in [0.717, 1.165) is 11.3 Å². The summed E-state index contributed by atoms with van der Waals surface area (Å²) in [5.74, 6) is -1.21. The molecule has 0 unspecified atom stereocenters. The third-order valence-corrected chi connectivity index (χ3v) is 5.19. The van der Waals surface area contributed by atoms with Crippen LogP contribution in [-0.4, -0.2) is 22.9 Å². The van der Waals surface area contributed by atoms with Crippen molar-refractivity contribution in [1.29, 1.82) is 0 Å². The van der Waals surface area contributed by atoms with Gasteiger partial charge in [0.2, 0.25) is 5.91 Å². The Hall–Kier alpha value is -3.51. The second kappa shape index (κ2) is 6.58. The zero-order valence-electron chi connectivity index (χ0n) is 14.9. The number of benzene rings is 2. The number of amides is 2. The molecule has 0 N–H and O–H groups in total. The van der Waals surface area contributed by atoms with Crippen LogP contribution in [0.5, 0.6) is 0 Å². The van der Waals surface area contributed by atoms with Crippen LogP contribution in [0.3, 0.4) is 0 Å². The van der Waals surface area contributed by atoms with E-state index >= 15 is 0 Å². The van der Waals surface area contributed by atoms with Gasteiger partial charge in [0.25, 0.3) is 5.91 Å². The molecule has 2 amide bonds. The summed E-state index contributed by atoms with van der Waals surface area (Å²) in [6.07, 6.45) is 2.51.